The minimum absolute atomic E-state index is 0.144. The first-order valence-electron chi connectivity index (χ1n) is 9.65. The predicted molar refractivity (Wildman–Crippen MR) is 110 cm³/mol. The summed E-state index contributed by atoms with van der Waals surface area (Å²) in [6.07, 6.45) is 1.31. The van der Waals surface area contributed by atoms with Crippen LogP contribution in [0.4, 0.5) is 11.8 Å². The lowest BCUT2D eigenvalue weighted by atomic mass is 9.90. The van der Waals surface area contributed by atoms with Crippen molar-refractivity contribution in [1.29, 1.82) is 0 Å². The van der Waals surface area contributed by atoms with Crippen LogP contribution >= 0.6 is 0 Å². The molecule has 2 fully saturated rings. The Kier molecular flexibility index (Phi) is 4.79. The molecular weight excluding hydrogens is 374 g/mol. The first kappa shape index (κ1) is 19.1. The highest BCUT2D eigenvalue weighted by atomic mass is 32.2. The molecule has 3 heterocycles. The van der Waals surface area contributed by atoms with Crippen molar-refractivity contribution in [1.82, 2.24) is 14.3 Å². The van der Waals surface area contributed by atoms with Gasteiger partial charge in [0.05, 0.1) is 18.0 Å². The van der Waals surface area contributed by atoms with Gasteiger partial charge in [-0.1, -0.05) is 44.2 Å². The summed E-state index contributed by atoms with van der Waals surface area (Å²) in [4.78, 5) is 11.0. The number of aromatic nitrogens is 2. The molecule has 1 aromatic heterocycles. The van der Waals surface area contributed by atoms with Gasteiger partial charge in [0.1, 0.15) is 5.82 Å². The number of sulfonamides is 1. The Balaban J connectivity index is 1.66. The maximum atomic E-state index is 12.4. The maximum absolute atomic E-state index is 12.4. The fourth-order valence-corrected chi connectivity index (χ4v) is 5.68. The van der Waals surface area contributed by atoms with Gasteiger partial charge >= 0.3 is 0 Å². The van der Waals surface area contributed by atoms with Crippen LogP contribution in [0.2, 0.25) is 0 Å². The molecule has 28 heavy (non-hydrogen) atoms. The fraction of sp³-hybridized carbons (Fsp3) is 0.500. The quantitative estimate of drug-likeness (QED) is 0.845. The first-order chi connectivity index (χ1) is 13.2. The molecule has 0 radical (unpaired) electrons. The molecule has 0 bridgehead atoms. The van der Waals surface area contributed by atoms with Crippen LogP contribution in [0.3, 0.4) is 0 Å². The van der Waals surface area contributed by atoms with Crippen LogP contribution in [0.25, 0.3) is 0 Å². The first-order valence-corrected chi connectivity index (χ1v) is 11.5. The number of fused-ring (bicyclic) bond motifs is 1. The monoisotopic (exact) mass is 401 g/mol. The molecule has 0 amide bonds. The highest BCUT2D eigenvalue weighted by Gasteiger charge is 2.50. The number of rotatable bonds is 4. The van der Waals surface area contributed by atoms with Gasteiger partial charge in [-0.25, -0.2) is 13.4 Å². The summed E-state index contributed by atoms with van der Waals surface area (Å²) in [6.45, 7) is 6.23. The average Bonchev–Trinajstić information content (AvgIpc) is 3.19. The summed E-state index contributed by atoms with van der Waals surface area (Å²) in [7, 11) is -3.28. The molecule has 0 aliphatic carbocycles. The Labute approximate surface area is 166 Å². The molecule has 2 N–H and O–H groups in total. The Bertz CT molecular complexity index is 964. The molecular formula is C20H27N5O2S. The second kappa shape index (κ2) is 7.00. The van der Waals surface area contributed by atoms with E-state index >= 15 is 0 Å². The Hall–Kier alpha value is -2.19. The lowest BCUT2D eigenvalue weighted by Crippen LogP contribution is -2.35. The molecule has 2 saturated heterocycles. The summed E-state index contributed by atoms with van der Waals surface area (Å²) in [5, 5.41) is 0. The van der Waals surface area contributed by atoms with Gasteiger partial charge in [0.25, 0.3) is 0 Å². The summed E-state index contributed by atoms with van der Waals surface area (Å²) in [5.41, 5.74) is 7.92. The van der Waals surface area contributed by atoms with Crippen LogP contribution in [0.5, 0.6) is 0 Å². The van der Waals surface area contributed by atoms with Gasteiger partial charge < -0.3 is 10.6 Å². The number of nitrogens with two attached hydrogens (primary N) is 1. The average molecular weight is 402 g/mol. The Morgan fingerprint density at radius 3 is 2.46 bits per heavy atom. The second-order valence-electron chi connectivity index (χ2n) is 8.18. The number of hydrogen-bond donors (Lipinski definition) is 1. The molecule has 0 saturated carbocycles. The smallest absolute Gasteiger partial charge is 0.222 e. The summed E-state index contributed by atoms with van der Waals surface area (Å²) >= 11 is 0. The highest BCUT2D eigenvalue weighted by Crippen LogP contribution is 2.46. The van der Waals surface area contributed by atoms with Crippen LogP contribution in [-0.2, 0) is 10.0 Å². The molecule has 2 aliphatic heterocycles. The number of benzene rings is 1. The number of nitrogen functional groups attached to an aromatic ring is 1. The van der Waals surface area contributed by atoms with Crippen molar-refractivity contribution in [3.05, 3.63) is 47.7 Å². The molecule has 150 valence electrons. The summed E-state index contributed by atoms with van der Waals surface area (Å²) in [5.74, 6) is 1.87. The van der Waals surface area contributed by atoms with Crippen LogP contribution in [0.15, 0.2) is 36.4 Å². The van der Waals surface area contributed by atoms with E-state index in [0.717, 1.165) is 30.2 Å². The van der Waals surface area contributed by atoms with Crippen LogP contribution < -0.4 is 10.6 Å². The zero-order valence-corrected chi connectivity index (χ0v) is 17.3. The fourth-order valence-electron chi connectivity index (χ4n) is 4.53. The van der Waals surface area contributed by atoms with Gasteiger partial charge in [0.15, 0.2) is 0 Å². The Morgan fingerprint density at radius 2 is 1.82 bits per heavy atom. The Morgan fingerprint density at radius 1 is 1.11 bits per heavy atom. The largest absolute Gasteiger partial charge is 0.368 e. The SMILES string of the molecule is CC(C)c1cc(N2C[C@@H]3CN(S(C)(=O)=O)[C@@H](c4ccccc4)[C@@H]3C2)nc(N)n1. The van der Waals surface area contributed by atoms with Gasteiger partial charge in [-0.15, -0.1) is 0 Å². The highest BCUT2D eigenvalue weighted by molar-refractivity contribution is 7.88. The van der Waals surface area contributed by atoms with Gasteiger partial charge in [-0.05, 0) is 17.4 Å². The van der Waals surface area contributed by atoms with E-state index in [9.17, 15) is 8.42 Å². The normalized spacial score (nSPS) is 25.4. The molecule has 1 aromatic carbocycles. The lowest BCUT2D eigenvalue weighted by molar-refractivity contribution is 0.352. The maximum Gasteiger partial charge on any atom is 0.222 e. The van der Waals surface area contributed by atoms with Crippen molar-refractivity contribution >= 4 is 21.8 Å². The van der Waals surface area contributed by atoms with Crippen molar-refractivity contribution < 1.29 is 8.42 Å². The predicted octanol–water partition coefficient (Wildman–Crippen LogP) is 2.25. The standard InChI is InChI=1S/C20H27N5O2S/c1-13(2)17-9-18(23-20(21)22-17)24-10-15-11-25(28(3,26)27)19(16(15)12-24)14-7-5-4-6-8-14/h4-9,13,15-16,19H,10-12H2,1-3H3,(H2,21,22,23)/t15-,16-,19+/m1/s1. The van der Waals surface area contributed by atoms with Crippen LogP contribution in [-0.4, -0.2) is 48.6 Å². The van der Waals surface area contributed by atoms with Crippen molar-refractivity contribution in [2.45, 2.75) is 25.8 Å². The van der Waals surface area contributed by atoms with Crippen molar-refractivity contribution in [3.8, 4) is 0 Å². The molecule has 3 atom stereocenters. The third-order valence-corrected chi connectivity index (χ3v) is 7.08. The molecule has 0 unspecified atom stereocenters. The third kappa shape index (κ3) is 3.46. The zero-order valence-electron chi connectivity index (χ0n) is 16.5. The number of nitrogens with zero attached hydrogens (tertiary/aromatic N) is 4. The van der Waals surface area contributed by atoms with E-state index in [1.54, 1.807) is 4.31 Å². The summed E-state index contributed by atoms with van der Waals surface area (Å²) < 4.78 is 26.5. The topological polar surface area (TPSA) is 92.4 Å². The zero-order chi connectivity index (χ0) is 20.1. The summed E-state index contributed by atoms with van der Waals surface area (Å²) in [6, 6.07) is 11.8. The second-order valence-corrected chi connectivity index (χ2v) is 10.1. The van der Waals surface area contributed by atoms with E-state index in [1.165, 1.54) is 6.26 Å². The van der Waals surface area contributed by atoms with E-state index < -0.39 is 10.0 Å². The van der Waals surface area contributed by atoms with E-state index in [0.29, 0.717) is 6.54 Å². The van der Waals surface area contributed by atoms with E-state index in [-0.39, 0.29) is 29.7 Å². The van der Waals surface area contributed by atoms with Gasteiger partial charge in [-0.3, -0.25) is 0 Å². The minimum Gasteiger partial charge on any atom is -0.368 e. The third-order valence-electron chi connectivity index (χ3n) is 5.85. The van der Waals surface area contributed by atoms with Crippen LogP contribution in [0, 0.1) is 11.8 Å². The minimum atomic E-state index is -3.28. The molecule has 7 nitrogen and oxygen atoms in total. The number of hydrogen-bond acceptors (Lipinski definition) is 6. The molecule has 2 aromatic rings. The number of anilines is 2. The molecule has 2 aliphatic rings. The van der Waals surface area contributed by atoms with E-state index in [4.69, 9.17) is 5.73 Å². The molecule has 0 spiro atoms. The molecule has 4 rings (SSSR count). The van der Waals surface area contributed by atoms with Gasteiger partial charge in [-0.2, -0.15) is 9.29 Å². The van der Waals surface area contributed by atoms with Crippen LogP contribution in [0.1, 0.15) is 37.1 Å². The van der Waals surface area contributed by atoms with E-state index in [1.807, 2.05) is 36.4 Å². The van der Waals surface area contributed by atoms with Gasteiger partial charge in [0.2, 0.25) is 16.0 Å². The van der Waals surface area contributed by atoms with E-state index in [2.05, 4.69) is 28.7 Å². The van der Waals surface area contributed by atoms with Crippen molar-refractivity contribution in [3.63, 3.8) is 0 Å². The van der Waals surface area contributed by atoms with Crippen molar-refractivity contribution in [2.24, 2.45) is 11.8 Å². The molecule has 8 heteroatoms. The van der Waals surface area contributed by atoms with Gasteiger partial charge in [0, 0.05) is 31.6 Å². The lowest BCUT2D eigenvalue weighted by Gasteiger charge is -2.28. The van der Waals surface area contributed by atoms with Crippen molar-refractivity contribution in [2.75, 3.05) is 36.5 Å².